The van der Waals surface area contributed by atoms with Crippen molar-refractivity contribution in [3.05, 3.63) is 108 Å². The zero-order valence-corrected chi connectivity index (χ0v) is 19.0. The van der Waals surface area contributed by atoms with Gasteiger partial charge in [-0.05, 0) is 36.6 Å². The number of benzene rings is 3. The molecule has 3 aromatic carbocycles. The van der Waals surface area contributed by atoms with Gasteiger partial charge in [0.1, 0.15) is 22.8 Å². The molecule has 1 heterocycles. The number of hydrogen-bond acceptors (Lipinski definition) is 4. The molecule has 177 valence electrons. The van der Waals surface area contributed by atoms with Crippen LogP contribution in [-0.4, -0.2) is 22.2 Å². The number of rotatable bonds is 7. The van der Waals surface area contributed by atoms with Crippen LogP contribution in [0.15, 0.2) is 77.3 Å². The van der Waals surface area contributed by atoms with Gasteiger partial charge in [0.2, 0.25) is 0 Å². The molecule has 1 aromatic heterocycles. The van der Waals surface area contributed by atoms with Gasteiger partial charge in [0.15, 0.2) is 0 Å². The second-order valence-corrected chi connectivity index (χ2v) is 8.25. The molecule has 1 radical (unpaired) electrons. The number of aryl methyl sites for hydroxylation is 1. The molecule has 4 aromatic rings. The molecule has 0 fully saturated rings. The molecule has 1 unspecified atom stereocenters. The van der Waals surface area contributed by atoms with E-state index in [1.807, 2.05) is 48.5 Å². The molecular weight excluding hydrogens is 447 g/mol. The highest BCUT2D eigenvalue weighted by Gasteiger charge is 2.39. The van der Waals surface area contributed by atoms with Crippen LogP contribution in [0.5, 0.6) is 0 Å². The minimum Gasteiger partial charge on any atom is -0.465 e. The van der Waals surface area contributed by atoms with Crippen LogP contribution >= 0.6 is 0 Å². The second kappa shape index (κ2) is 9.42. The van der Waals surface area contributed by atoms with Crippen molar-refractivity contribution in [1.82, 2.24) is 10.5 Å². The molecule has 1 amide bonds. The highest BCUT2D eigenvalue weighted by molar-refractivity contribution is 5.80. The number of nitrogens with two attached hydrogens (primary N) is 1. The van der Waals surface area contributed by atoms with E-state index in [1.54, 1.807) is 13.0 Å². The summed E-state index contributed by atoms with van der Waals surface area (Å²) in [5, 5.41) is 23.5. The van der Waals surface area contributed by atoms with E-state index in [2.05, 4.69) is 17.4 Å². The third kappa shape index (κ3) is 4.77. The first-order valence-corrected chi connectivity index (χ1v) is 10.8. The van der Waals surface area contributed by atoms with Crippen molar-refractivity contribution in [3.8, 4) is 22.4 Å². The molecule has 1 atom stereocenters. The van der Waals surface area contributed by atoms with E-state index in [0.717, 1.165) is 16.7 Å². The Bertz CT molecular complexity index is 1380. The predicted molar refractivity (Wildman–Crippen MR) is 131 cm³/mol. The van der Waals surface area contributed by atoms with Crippen molar-refractivity contribution in [2.75, 3.05) is 0 Å². The lowest BCUT2D eigenvalue weighted by molar-refractivity contribution is 0.186. The van der Waals surface area contributed by atoms with Gasteiger partial charge in [0.05, 0.1) is 11.4 Å². The van der Waals surface area contributed by atoms with Crippen LogP contribution in [0, 0.1) is 25.1 Å². The standard InChI is InChI=1S/C27H24FN4O3/c1-16-24(27(2,31-26(33)34)21-5-3-4-6-22(21)28)25(32-35-16)20-13-11-19(12-14-20)18-9-7-17(8-10-18)15-23(29)30/h3-14,31H,2,15H2,1H3,(H3,29,30)(H,33,34). The van der Waals surface area contributed by atoms with Gasteiger partial charge in [0, 0.05) is 17.5 Å². The normalized spacial score (nSPS) is 12.7. The molecule has 0 aliphatic heterocycles. The number of amidine groups is 1. The number of carbonyl (C=O) groups is 1. The molecule has 0 aliphatic rings. The maximum absolute atomic E-state index is 14.8. The Hall–Kier alpha value is -4.46. The first kappa shape index (κ1) is 23.7. The average Bonchev–Trinajstić information content (AvgIpc) is 3.21. The van der Waals surface area contributed by atoms with Crippen molar-refractivity contribution in [2.24, 2.45) is 5.73 Å². The monoisotopic (exact) mass is 471 g/mol. The van der Waals surface area contributed by atoms with Crippen molar-refractivity contribution in [2.45, 2.75) is 18.9 Å². The van der Waals surface area contributed by atoms with Gasteiger partial charge in [0.25, 0.3) is 0 Å². The summed E-state index contributed by atoms with van der Waals surface area (Å²) in [4.78, 5) is 11.7. The van der Waals surface area contributed by atoms with Crippen molar-refractivity contribution >= 4 is 11.9 Å². The molecule has 0 saturated carbocycles. The molecule has 0 bridgehead atoms. The Morgan fingerprint density at radius 3 is 2.23 bits per heavy atom. The number of nitrogens with one attached hydrogen (secondary N) is 2. The minimum atomic E-state index is -1.69. The van der Waals surface area contributed by atoms with Crippen molar-refractivity contribution < 1.29 is 18.8 Å². The summed E-state index contributed by atoms with van der Waals surface area (Å²) in [6, 6.07) is 21.1. The molecule has 7 nitrogen and oxygen atoms in total. The van der Waals surface area contributed by atoms with E-state index in [4.69, 9.17) is 15.7 Å². The fraction of sp³-hybridized carbons (Fsp3) is 0.111. The van der Waals surface area contributed by atoms with E-state index in [1.165, 1.54) is 18.2 Å². The molecule has 8 heteroatoms. The summed E-state index contributed by atoms with van der Waals surface area (Å²) >= 11 is 0. The Kier molecular flexibility index (Phi) is 6.38. The highest BCUT2D eigenvalue weighted by Crippen LogP contribution is 2.39. The lowest BCUT2D eigenvalue weighted by Crippen LogP contribution is -2.45. The van der Waals surface area contributed by atoms with Crippen LogP contribution in [0.3, 0.4) is 0 Å². The predicted octanol–water partition coefficient (Wildman–Crippen LogP) is 5.28. The summed E-state index contributed by atoms with van der Waals surface area (Å²) in [6.45, 7) is 5.70. The minimum absolute atomic E-state index is 0.0530. The van der Waals surface area contributed by atoms with Crippen molar-refractivity contribution in [3.63, 3.8) is 0 Å². The number of halogens is 1. The SMILES string of the molecule is [CH2]C(NC(=O)O)(c1ccccc1F)c1c(-c2ccc(-c3ccc(CC(=N)N)cc3)cc2)noc1C. The molecule has 0 saturated heterocycles. The quantitative estimate of drug-likeness (QED) is 0.216. The summed E-state index contributed by atoms with van der Waals surface area (Å²) in [5.41, 5.74) is 8.05. The highest BCUT2D eigenvalue weighted by atomic mass is 19.1. The first-order chi connectivity index (χ1) is 16.7. The summed E-state index contributed by atoms with van der Waals surface area (Å²) in [7, 11) is 0. The van der Waals surface area contributed by atoms with Gasteiger partial charge in [-0.1, -0.05) is 71.9 Å². The van der Waals surface area contributed by atoms with Gasteiger partial charge in [-0.2, -0.15) is 0 Å². The van der Waals surface area contributed by atoms with Crippen LogP contribution in [-0.2, 0) is 12.0 Å². The van der Waals surface area contributed by atoms with E-state index in [9.17, 15) is 14.3 Å². The van der Waals surface area contributed by atoms with Gasteiger partial charge in [-0.3, -0.25) is 5.41 Å². The zero-order valence-electron chi connectivity index (χ0n) is 19.0. The van der Waals surface area contributed by atoms with Gasteiger partial charge < -0.3 is 20.7 Å². The summed E-state index contributed by atoms with van der Waals surface area (Å²) in [5.74, 6) is -0.182. The third-order valence-corrected chi connectivity index (χ3v) is 5.78. The second-order valence-electron chi connectivity index (χ2n) is 8.25. The molecule has 5 N–H and O–H groups in total. The van der Waals surface area contributed by atoms with Crippen LogP contribution in [0.4, 0.5) is 9.18 Å². The van der Waals surface area contributed by atoms with Crippen molar-refractivity contribution in [1.29, 1.82) is 5.41 Å². The maximum atomic E-state index is 14.8. The Labute approximate surface area is 201 Å². The van der Waals surface area contributed by atoms with Gasteiger partial charge >= 0.3 is 6.09 Å². The Morgan fingerprint density at radius 1 is 1.09 bits per heavy atom. The zero-order chi connectivity index (χ0) is 25.2. The van der Waals surface area contributed by atoms with Gasteiger partial charge in [-0.15, -0.1) is 0 Å². The van der Waals surface area contributed by atoms with Crippen LogP contribution in [0.2, 0.25) is 0 Å². The maximum Gasteiger partial charge on any atom is 0.405 e. The number of amides is 1. The first-order valence-electron chi connectivity index (χ1n) is 10.8. The fourth-order valence-electron chi connectivity index (χ4n) is 4.18. The number of aromatic nitrogens is 1. The molecule has 0 aliphatic carbocycles. The lowest BCUT2D eigenvalue weighted by atomic mass is 9.81. The fourth-order valence-corrected chi connectivity index (χ4v) is 4.18. The number of carboxylic acid groups (broad SMARTS) is 1. The molecule has 35 heavy (non-hydrogen) atoms. The number of nitrogens with zero attached hydrogens (tertiary/aromatic N) is 1. The van der Waals surface area contributed by atoms with Gasteiger partial charge in [-0.25, -0.2) is 9.18 Å². The van der Waals surface area contributed by atoms with Crippen LogP contribution in [0.25, 0.3) is 22.4 Å². The van der Waals surface area contributed by atoms with E-state index < -0.39 is 17.4 Å². The van der Waals surface area contributed by atoms with Crippen LogP contribution < -0.4 is 11.1 Å². The molecule has 0 spiro atoms. The van der Waals surface area contributed by atoms with E-state index in [-0.39, 0.29) is 11.4 Å². The smallest absolute Gasteiger partial charge is 0.405 e. The van der Waals surface area contributed by atoms with E-state index in [0.29, 0.717) is 29.0 Å². The Balaban J connectivity index is 1.74. The topological polar surface area (TPSA) is 125 Å². The van der Waals surface area contributed by atoms with Crippen LogP contribution in [0.1, 0.15) is 22.5 Å². The number of hydrogen-bond donors (Lipinski definition) is 4. The Morgan fingerprint density at radius 2 is 1.66 bits per heavy atom. The summed E-state index contributed by atoms with van der Waals surface area (Å²) < 4.78 is 20.2. The van der Waals surface area contributed by atoms with E-state index >= 15 is 0 Å². The molecular formula is C27H24FN4O3. The largest absolute Gasteiger partial charge is 0.465 e. The lowest BCUT2D eigenvalue weighted by Gasteiger charge is -2.30. The summed E-state index contributed by atoms with van der Waals surface area (Å²) in [6.07, 6.45) is -0.967. The average molecular weight is 472 g/mol. The third-order valence-electron chi connectivity index (χ3n) is 5.78. The molecule has 4 rings (SSSR count).